The first-order valence-corrected chi connectivity index (χ1v) is 8.64. The Labute approximate surface area is 151 Å². The van der Waals surface area contributed by atoms with E-state index in [4.69, 9.17) is 13.9 Å². The monoisotopic (exact) mass is 362 g/mol. The lowest BCUT2D eigenvalue weighted by atomic mass is 9.83. The lowest BCUT2D eigenvalue weighted by molar-refractivity contribution is -0.150. The molecule has 3 heterocycles. The molecule has 1 spiro atoms. The van der Waals surface area contributed by atoms with Gasteiger partial charge >= 0.3 is 12.1 Å². The number of rotatable bonds is 4. The van der Waals surface area contributed by atoms with Crippen molar-refractivity contribution in [2.45, 2.75) is 38.8 Å². The van der Waals surface area contributed by atoms with Crippen LogP contribution in [0.4, 0.5) is 4.79 Å². The van der Waals surface area contributed by atoms with E-state index in [-0.39, 0.29) is 12.5 Å². The molecule has 1 saturated heterocycles. The van der Waals surface area contributed by atoms with Crippen LogP contribution >= 0.6 is 0 Å². The largest absolute Gasteiger partial charge is 0.467 e. The van der Waals surface area contributed by atoms with Crippen molar-refractivity contribution in [1.82, 2.24) is 10.2 Å². The Morgan fingerprint density at radius 2 is 2.08 bits per heavy atom. The summed E-state index contributed by atoms with van der Waals surface area (Å²) in [5, 5.41) is 2.78. The van der Waals surface area contributed by atoms with Gasteiger partial charge in [-0.15, -0.1) is 0 Å². The molecule has 1 aromatic heterocycles. The summed E-state index contributed by atoms with van der Waals surface area (Å²) < 4.78 is 15.8. The number of ether oxygens (including phenoxy) is 2. The van der Waals surface area contributed by atoms with Gasteiger partial charge in [-0.1, -0.05) is 0 Å². The lowest BCUT2D eigenvalue weighted by Crippen LogP contribution is -2.50. The van der Waals surface area contributed by atoms with E-state index < -0.39 is 17.7 Å². The number of nitrogens with zero attached hydrogens (tertiary/aromatic N) is 1. The molecular formula is C18H22N2O6. The first-order chi connectivity index (χ1) is 12.5. The highest BCUT2D eigenvalue weighted by Gasteiger charge is 2.51. The first kappa shape index (κ1) is 18.0. The zero-order valence-electron chi connectivity index (χ0n) is 14.9. The van der Waals surface area contributed by atoms with Crippen LogP contribution in [0.5, 0.6) is 0 Å². The van der Waals surface area contributed by atoms with Crippen molar-refractivity contribution in [2.75, 3.05) is 19.7 Å². The second-order valence-electron chi connectivity index (χ2n) is 6.33. The van der Waals surface area contributed by atoms with Crippen LogP contribution in [0.25, 0.3) is 0 Å². The fraction of sp³-hybridized carbons (Fsp3) is 0.500. The number of hydrogen-bond acceptors (Lipinski definition) is 6. The van der Waals surface area contributed by atoms with E-state index in [2.05, 4.69) is 5.32 Å². The predicted octanol–water partition coefficient (Wildman–Crippen LogP) is 1.76. The van der Waals surface area contributed by atoms with Crippen LogP contribution in [-0.4, -0.2) is 48.2 Å². The van der Waals surface area contributed by atoms with Crippen LogP contribution in [0.15, 0.2) is 34.0 Å². The van der Waals surface area contributed by atoms with Gasteiger partial charge in [0.15, 0.2) is 0 Å². The summed E-state index contributed by atoms with van der Waals surface area (Å²) in [6, 6.07) is 3.49. The summed E-state index contributed by atoms with van der Waals surface area (Å²) in [4.78, 5) is 38.3. The molecule has 0 aliphatic carbocycles. The third-order valence-electron chi connectivity index (χ3n) is 4.75. The van der Waals surface area contributed by atoms with E-state index in [1.54, 1.807) is 30.9 Å². The van der Waals surface area contributed by atoms with Crippen LogP contribution in [0.3, 0.4) is 0 Å². The van der Waals surface area contributed by atoms with Crippen LogP contribution in [0.1, 0.15) is 32.4 Å². The van der Waals surface area contributed by atoms with E-state index in [9.17, 15) is 14.4 Å². The van der Waals surface area contributed by atoms with Gasteiger partial charge in [0, 0.05) is 31.5 Å². The van der Waals surface area contributed by atoms with E-state index in [0.29, 0.717) is 49.4 Å². The molecule has 26 heavy (non-hydrogen) atoms. The Kier molecular flexibility index (Phi) is 5.01. The minimum Gasteiger partial charge on any atom is -0.467 e. The number of nitrogens with one attached hydrogen (secondary N) is 1. The highest BCUT2D eigenvalue weighted by Crippen LogP contribution is 2.41. The molecule has 1 fully saturated rings. The van der Waals surface area contributed by atoms with Crippen molar-refractivity contribution in [3.63, 3.8) is 0 Å². The Balaban J connectivity index is 1.72. The number of amides is 2. The Morgan fingerprint density at radius 1 is 1.35 bits per heavy atom. The maximum atomic E-state index is 12.7. The molecule has 0 bridgehead atoms. The highest BCUT2D eigenvalue weighted by atomic mass is 16.6. The smallest absolute Gasteiger partial charge is 0.409 e. The quantitative estimate of drug-likeness (QED) is 0.820. The molecule has 0 saturated carbocycles. The van der Waals surface area contributed by atoms with Crippen molar-refractivity contribution >= 4 is 18.0 Å². The van der Waals surface area contributed by atoms with Crippen molar-refractivity contribution in [1.29, 1.82) is 0 Å². The van der Waals surface area contributed by atoms with Gasteiger partial charge in [-0.2, -0.15) is 0 Å². The Morgan fingerprint density at radius 3 is 2.69 bits per heavy atom. The van der Waals surface area contributed by atoms with Gasteiger partial charge in [-0.25, -0.2) is 9.59 Å². The van der Waals surface area contributed by atoms with Crippen molar-refractivity contribution < 1.29 is 28.3 Å². The second-order valence-corrected chi connectivity index (χ2v) is 6.33. The summed E-state index contributed by atoms with van der Waals surface area (Å²) in [5.74, 6) is -0.222. The van der Waals surface area contributed by atoms with Gasteiger partial charge < -0.3 is 24.1 Å². The SMILES string of the molecule is CCOC(=O)N1CCC2(CC1)OC(=O)C(C)=C2C(=O)NCc1ccco1. The van der Waals surface area contributed by atoms with E-state index in [1.807, 2.05) is 0 Å². The molecule has 2 amide bonds. The molecule has 0 atom stereocenters. The van der Waals surface area contributed by atoms with Crippen LogP contribution in [0.2, 0.25) is 0 Å². The van der Waals surface area contributed by atoms with E-state index in [0.717, 1.165) is 0 Å². The summed E-state index contributed by atoms with van der Waals surface area (Å²) in [5.41, 5.74) is -0.332. The van der Waals surface area contributed by atoms with E-state index >= 15 is 0 Å². The number of piperidine rings is 1. The molecule has 140 valence electrons. The minimum atomic E-state index is -0.989. The normalized spacial score (nSPS) is 18.8. The molecule has 8 nitrogen and oxygen atoms in total. The number of hydrogen-bond donors (Lipinski definition) is 1. The zero-order valence-corrected chi connectivity index (χ0v) is 14.9. The first-order valence-electron chi connectivity index (χ1n) is 8.64. The van der Waals surface area contributed by atoms with Crippen molar-refractivity contribution in [3.8, 4) is 0 Å². The third kappa shape index (κ3) is 3.31. The molecule has 0 aromatic carbocycles. The summed E-state index contributed by atoms with van der Waals surface area (Å²) >= 11 is 0. The molecule has 2 aliphatic heterocycles. The van der Waals surface area contributed by atoms with Gasteiger partial charge in [0.05, 0.1) is 25.0 Å². The predicted molar refractivity (Wildman–Crippen MR) is 89.9 cm³/mol. The van der Waals surface area contributed by atoms with Gasteiger partial charge in [-0.05, 0) is 26.0 Å². The number of esters is 1. The van der Waals surface area contributed by atoms with Crippen LogP contribution in [0, 0.1) is 0 Å². The fourth-order valence-electron chi connectivity index (χ4n) is 3.41. The molecule has 1 aromatic rings. The van der Waals surface area contributed by atoms with Gasteiger partial charge in [-0.3, -0.25) is 4.79 Å². The molecule has 0 radical (unpaired) electrons. The number of carbonyl (C=O) groups is 3. The average Bonchev–Trinajstić information content (AvgIpc) is 3.21. The topological polar surface area (TPSA) is 98.1 Å². The van der Waals surface area contributed by atoms with Gasteiger partial charge in [0.1, 0.15) is 11.4 Å². The third-order valence-corrected chi connectivity index (χ3v) is 4.75. The molecular weight excluding hydrogens is 340 g/mol. The molecule has 8 heteroatoms. The Hall–Kier alpha value is -2.77. The molecule has 0 unspecified atom stereocenters. The summed E-state index contributed by atoms with van der Waals surface area (Å²) in [6.07, 6.45) is 1.86. The van der Waals surface area contributed by atoms with Crippen molar-refractivity contribution in [2.24, 2.45) is 0 Å². The zero-order chi connectivity index (χ0) is 18.7. The summed E-state index contributed by atoms with van der Waals surface area (Å²) in [7, 11) is 0. The molecule has 1 N–H and O–H groups in total. The standard InChI is InChI=1S/C18H22N2O6/c1-3-24-17(23)20-8-6-18(7-9-20)14(12(2)16(22)26-18)15(21)19-11-13-5-4-10-25-13/h4-5,10H,3,6-9,11H2,1-2H3,(H,19,21). The molecule has 2 aliphatic rings. The van der Waals surface area contributed by atoms with Gasteiger partial charge in [0.2, 0.25) is 0 Å². The van der Waals surface area contributed by atoms with Crippen LogP contribution in [-0.2, 0) is 25.6 Å². The maximum absolute atomic E-state index is 12.7. The maximum Gasteiger partial charge on any atom is 0.409 e. The minimum absolute atomic E-state index is 0.224. The lowest BCUT2D eigenvalue weighted by Gasteiger charge is -2.38. The number of furan rings is 1. The van der Waals surface area contributed by atoms with Gasteiger partial charge in [0.25, 0.3) is 5.91 Å². The fourth-order valence-corrected chi connectivity index (χ4v) is 3.41. The number of likely N-dealkylation sites (tertiary alicyclic amines) is 1. The second kappa shape index (κ2) is 7.23. The Bertz CT molecular complexity index is 729. The average molecular weight is 362 g/mol. The van der Waals surface area contributed by atoms with Crippen molar-refractivity contribution in [3.05, 3.63) is 35.3 Å². The number of carbonyl (C=O) groups excluding carboxylic acids is 3. The highest BCUT2D eigenvalue weighted by molar-refractivity contribution is 6.07. The summed E-state index contributed by atoms with van der Waals surface area (Å²) in [6.45, 7) is 4.58. The molecule has 3 rings (SSSR count). The van der Waals surface area contributed by atoms with E-state index in [1.165, 1.54) is 6.26 Å². The van der Waals surface area contributed by atoms with Crippen LogP contribution < -0.4 is 5.32 Å².